The second-order valence-electron chi connectivity index (χ2n) is 5.98. The van der Waals surface area contributed by atoms with Crippen LogP contribution in [0.4, 0.5) is 0 Å². The number of aliphatic hydroxyl groups is 1. The lowest BCUT2D eigenvalue weighted by atomic mass is 9.71. The standard InChI is InChI=1S/C14H26N2O2/c1-2-5-12(15)13(17)16-9-8-14(18)7-4-3-6-11(14)10-16/h11-12,18H,2-10,15H2,1H3/t11?,12-,14?/m1/s1. The number of amides is 1. The van der Waals surface area contributed by atoms with Gasteiger partial charge in [-0.3, -0.25) is 4.79 Å². The molecule has 0 aromatic rings. The first-order valence-electron chi connectivity index (χ1n) is 7.33. The highest BCUT2D eigenvalue weighted by Gasteiger charge is 2.44. The van der Waals surface area contributed by atoms with Crippen molar-refractivity contribution in [1.29, 1.82) is 0 Å². The van der Waals surface area contributed by atoms with Crippen LogP contribution in [0.5, 0.6) is 0 Å². The Morgan fingerprint density at radius 1 is 1.50 bits per heavy atom. The summed E-state index contributed by atoms with van der Waals surface area (Å²) in [5, 5.41) is 10.6. The van der Waals surface area contributed by atoms with Gasteiger partial charge in [-0.2, -0.15) is 0 Å². The molecule has 0 aromatic heterocycles. The van der Waals surface area contributed by atoms with Crippen LogP contribution in [0.15, 0.2) is 0 Å². The van der Waals surface area contributed by atoms with E-state index in [1.807, 2.05) is 11.8 Å². The molecule has 0 bridgehead atoms. The van der Waals surface area contributed by atoms with Crippen molar-refractivity contribution in [2.24, 2.45) is 11.7 Å². The Kier molecular flexibility index (Phi) is 4.28. The van der Waals surface area contributed by atoms with E-state index in [1.54, 1.807) is 0 Å². The van der Waals surface area contributed by atoms with Crippen molar-refractivity contribution >= 4 is 5.91 Å². The molecule has 104 valence electrons. The lowest BCUT2D eigenvalue weighted by Crippen LogP contribution is -2.57. The van der Waals surface area contributed by atoms with Gasteiger partial charge in [0.05, 0.1) is 11.6 Å². The van der Waals surface area contributed by atoms with Gasteiger partial charge in [-0.05, 0) is 25.7 Å². The maximum atomic E-state index is 12.2. The van der Waals surface area contributed by atoms with Crippen molar-refractivity contribution in [3.05, 3.63) is 0 Å². The Bertz CT molecular complexity index is 308. The van der Waals surface area contributed by atoms with Gasteiger partial charge >= 0.3 is 0 Å². The molecule has 0 radical (unpaired) electrons. The first-order chi connectivity index (χ1) is 8.57. The number of carbonyl (C=O) groups is 1. The van der Waals surface area contributed by atoms with Crippen molar-refractivity contribution in [3.8, 4) is 0 Å². The second kappa shape index (κ2) is 5.57. The molecular formula is C14H26N2O2. The van der Waals surface area contributed by atoms with Gasteiger partial charge in [0.25, 0.3) is 0 Å². The number of piperidine rings is 1. The van der Waals surface area contributed by atoms with Crippen molar-refractivity contribution in [3.63, 3.8) is 0 Å². The minimum absolute atomic E-state index is 0.0736. The van der Waals surface area contributed by atoms with Crippen molar-refractivity contribution < 1.29 is 9.90 Å². The predicted molar refractivity (Wildman–Crippen MR) is 71.0 cm³/mol. The molecule has 1 aliphatic carbocycles. The Balaban J connectivity index is 1.96. The van der Waals surface area contributed by atoms with Crippen LogP contribution in [0.3, 0.4) is 0 Å². The van der Waals surface area contributed by atoms with Crippen LogP contribution in [0.25, 0.3) is 0 Å². The zero-order chi connectivity index (χ0) is 13.2. The maximum absolute atomic E-state index is 12.2. The molecule has 1 amide bonds. The summed E-state index contributed by atoms with van der Waals surface area (Å²) in [6.45, 7) is 3.42. The van der Waals surface area contributed by atoms with Crippen molar-refractivity contribution in [2.45, 2.75) is 63.5 Å². The first-order valence-corrected chi connectivity index (χ1v) is 7.33. The van der Waals surface area contributed by atoms with Gasteiger partial charge in [-0.25, -0.2) is 0 Å². The van der Waals surface area contributed by atoms with E-state index in [2.05, 4.69) is 0 Å². The van der Waals surface area contributed by atoms with E-state index < -0.39 is 5.60 Å². The third-order valence-corrected chi connectivity index (χ3v) is 4.66. The molecule has 1 heterocycles. The van der Waals surface area contributed by atoms with Gasteiger partial charge in [0.2, 0.25) is 5.91 Å². The molecule has 0 aromatic carbocycles. The predicted octanol–water partition coefficient (Wildman–Crippen LogP) is 1.27. The number of hydrogen-bond acceptors (Lipinski definition) is 3. The highest BCUT2D eigenvalue weighted by molar-refractivity contribution is 5.81. The average molecular weight is 254 g/mol. The molecule has 3 N–H and O–H groups in total. The SMILES string of the molecule is CCC[C@@H](N)C(=O)N1CCC2(O)CCCCC2C1. The molecule has 1 saturated heterocycles. The first kappa shape index (κ1) is 13.8. The minimum Gasteiger partial charge on any atom is -0.389 e. The number of nitrogens with two attached hydrogens (primary N) is 1. The maximum Gasteiger partial charge on any atom is 0.239 e. The molecule has 3 atom stereocenters. The lowest BCUT2D eigenvalue weighted by molar-refractivity contribution is -0.144. The van der Waals surface area contributed by atoms with Crippen molar-refractivity contribution in [1.82, 2.24) is 4.90 Å². The average Bonchev–Trinajstić information content (AvgIpc) is 2.37. The Hall–Kier alpha value is -0.610. The van der Waals surface area contributed by atoms with Crippen LogP contribution in [0.1, 0.15) is 51.9 Å². The summed E-state index contributed by atoms with van der Waals surface area (Å²) in [4.78, 5) is 14.1. The quantitative estimate of drug-likeness (QED) is 0.797. The highest BCUT2D eigenvalue weighted by Crippen LogP contribution is 2.39. The van der Waals surface area contributed by atoms with Crippen molar-refractivity contribution in [2.75, 3.05) is 13.1 Å². The summed E-state index contributed by atoms with van der Waals surface area (Å²) in [5.41, 5.74) is 5.40. The summed E-state index contributed by atoms with van der Waals surface area (Å²) in [6.07, 6.45) is 6.66. The molecular weight excluding hydrogens is 228 g/mol. The Morgan fingerprint density at radius 2 is 2.28 bits per heavy atom. The fourth-order valence-corrected chi connectivity index (χ4v) is 3.44. The van der Waals surface area contributed by atoms with E-state index in [9.17, 15) is 9.90 Å². The Morgan fingerprint density at radius 3 is 3.00 bits per heavy atom. The normalized spacial score (nSPS) is 33.9. The molecule has 0 spiro atoms. The summed E-state index contributed by atoms with van der Waals surface area (Å²) in [5.74, 6) is 0.335. The van der Waals surface area contributed by atoms with Gasteiger partial charge in [0, 0.05) is 19.0 Å². The van der Waals surface area contributed by atoms with E-state index in [0.717, 1.165) is 38.5 Å². The summed E-state index contributed by atoms with van der Waals surface area (Å²) < 4.78 is 0. The van der Waals surface area contributed by atoms with E-state index in [1.165, 1.54) is 6.42 Å². The third kappa shape index (κ3) is 2.69. The summed E-state index contributed by atoms with van der Waals surface area (Å²) in [7, 11) is 0. The summed E-state index contributed by atoms with van der Waals surface area (Å²) in [6, 6.07) is -0.357. The van der Waals surface area contributed by atoms with Gasteiger partial charge in [0.1, 0.15) is 0 Å². The molecule has 4 heteroatoms. The monoisotopic (exact) mass is 254 g/mol. The smallest absolute Gasteiger partial charge is 0.239 e. The molecule has 2 rings (SSSR count). The van der Waals surface area contributed by atoms with E-state index in [4.69, 9.17) is 5.73 Å². The number of likely N-dealkylation sites (tertiary alicyclic amines) is 1. The molecule has 4 nitrogen and oxygen atoms in total. The number of fused-ring (bicyclic) bond motifs is 1. The van der Waals surface area contributed by atoms with Crippen LogP contribution in [0, 0.1) is 5.92 Å². The molecule has 1 saturated carbocycles. The zero-order valence-electron chi connectivity index (χ0n) is 11.4. The minimum atomic E-state index is -0.510. The second-order valence-corrected chi connectivity index (χ2v) is 5.98. The summed E-state index contributed by atoms with van der Waals surface area (Å²) >= 11 is 0. The number of rotatable bonds is 3. The van der Waals surface area contributed by atoms with Gasteiger partial charge < -0.3 is 15.7 Å². The van der Waals surface area contributed by atoms with E-state index in [-0.39, 0.29) is 17.9 Å². The van der Waals surface area contributed by atoms with Crippen LogP contribution in [0.2, 0.25) is 0 Å². The fourth-order valence-electron chi connectivity index (χ4n) is 3.44. The number of nitrogens with zero attached hydrogens (tertiary/aromatic N) is 1. The molecule has 18 heavy (non-hydrogen) atoms. The topological polar surface area (TPSA) is 66.6 Å². The zero-order valence-corrected chi connectivity index (χ0v) is 11.4. The van der Waals surface area contributed by atoms with Crippen LogP contribution in [-0.2, 0) is 4.79 Å². The molecule has 2 unspecified atom stereocenters. The fraction of sp³-hybridized carbons (Fsp3) is 0.929. The van der Waals surface area contributed by atoms with Crippen LogP contribution >= 0.6 is 0 Å². The molecule has 2 aliphatic rings. The number of hydrogen-bond donors (Lipinski definition) is 2. The molecule has 1 aliphatic heterocycles. The highest BCUT2D eigenvalue weighted by atomic mass is 16.3. The van der Waals surface area contributed by atoms with Gasteiger partial charge in [0.15, 0.2) is 0 Å². The van der Waals surface area contributed by atoms with E-state index >= 15 is 0 Å². The van der Waals surface area contributed by atoms with E-state index in [0.29, 0.717) is 13.1 Å². The lowest BCUT2D eigenvalue weighted by Gasteiger charge is -2.47. The molecule has 2 fully saturated rings. The van der Waals surface area contributed by atoms with Gasteiger partial charge in [-0.15, -0.1) is 0 Å². The van der Waals surface area contributed by atoms with Crippen LogP contribution < -0.4 is 5.73 Å². The third-order valence-electron chi connectivity index (χ3n) is 4.66. The largest absolute Gasteiger partial charge is 0.389 e. The van der Waals surface area contributed by atoms with Crippen LogP contribution in [-0.4, -0.2) is 40.6 Å². The number of carbonyl (C=O) groups excluding carboxylic acids is 1. The Labute approximate surface area is 110 Å². The van der Waals surface area contributed by atoms with Gasteiger partial charge in [-0.1, -0.05) is 26.2 Å².